The highest BCUT2D eigenvalue weighted by Crippen LogP contribution is 2.26. The summed E-state index contributed by atoms with van der Waals surface area (Å²) < 4.78 is 2.25. The van der Waals surface area contributed by atoms with Crippen LogP contribution in [0, 0.1) is 5.92 Å². The van der Waals surface area contributed by atoms with E-state index >= 15 is 0 Å². The predicted molar refractivity (Wildman–Crippen MR) is 72.2 cm³/mol. The molecule has 0 bridgehead atoms. The quantitative estimate of drug-likeness (QED) is 0.844. The number of aromatic nitrogens is 2. The molecule has 1 aromatic rings. The fourth-order valence-corrected chi connectivity index (χ4v) is 2.65. The van der Waals surface area contributed by atoms with Crippen molar-refractivity contribution in [2.45, 2.75) is 65.0 Å². The Bertz CT molecular complexity index is 332. The number of hydrogen-bond acceptors (Lipinski definition) is 2. The topological polar surface area (TPSA) is 29.9 Å². The molecule has 0 radical (unpaired) electrons. The predicted octanol–water partition coefficient (Wildman–Crippen LogP) is 3.67. The van der Waals surface area contributed by atoms with Crippen molar-refractivity contribution in [2.24, 2.45) is 5.92 Å². The van der Waals surface area contributed by atoms with Crippen LogP contribution in [0.2, 0.25) is 0 Å². The Morgan fingerprint density at radius 1 is 1.41 bits per heavy atom. The van der Waals surface area contributed by atoms with Gasteiger partial charge in [0.05, 0.1) is 0 Å². The summed E-state index contributed by atoms with van der Waals surface area (Å²) in [4.78, 5) is 4.45. The van der Waals surface area contributed by atoms with Crippen LogP contribution in [0.3, 0.4) is 0 Å². The number of unbranched alkanes of at least 4 members (excludes halogenated alkanes) is 1. The third-order valence-electron chi connectivity index (χ3n) is 3.89. The maximum Gasteiger partial charge on any atom is 0.202 e. The van der Waals surface area contributed by atoms with Crippen LogP contribution in [0.5, 0.6) is 0 Å². The van der Waals surface area contributed by atoms with Gasteiger partial charge in [-0.25, -0.2) is 4.98 Å². The molecule has 0 aromatic carbocycles. The molecule has 96 valence electrons. The van der Waals surface area contributed by atoms with Crippen LogP contribution in [-0.4, -0.2) is 15.6 Å². The number of rotatable bonds is 5. The molecule has 1 N–H and O–H groups in total. The molecule has 1 aromatic heterocycles. The van der Waals surface area contributed by atoms with Crippen molar-refractivity contribution in [2.75, 3.05) is 5.32 Å². The Morgan fingerprint density at radius 3 is 3.00 bits per heavy atom. The SMILES string of the molecule is CCCCn1ccnc1NC1CCCCC1C. The van der Waals surface area contributed by atoms with Gasteiger partial charge in [-0.2, -0.15) is 0 Å². The van der Waals surface area contributed by atoms with Crippen LogP contribution in [0.1, 0.15) is 52.4 Å². The molecule has 2 atom stereocenters. The molecule has 0 spiro atoms. The first-order chi connectivity index (χ1) is 8.31. The van der Waals surface area contributed by atoms with Gasteiger partial charge in [-0.1, -0.05) is 33.1 Å². The van der Waals surface area contributed by atoms with Crippen LogP contribution in [0.4, 0.5) is 5.95 Å². The Morgan fingerprint density at radius 2 is 2.24 bits per heavy atom. The maximum absolute atomic E-state index is 4.45. The Labute approximate surface area is 105 Å². The molecule has 0 aliphatic heterocycles. The molecule has 3 heteroatoms. The first-order valence-electron chi connectivity index (χ1n) is 7.09. The van der Waals surface area contributed by atoms with Crippen LogP contribution in [0.15, 0.2) is 12.4 Å². The number of anilines is 1. The molecule has 0 saturated heterocycles. The summed E-state index contributed by atoms with van der Waals surface area (Å²) in [6.07, 6.45) is 11.9. The zero-order valence-electron chi connectivity index (χ0n) is 11.2. The van der Waals surface area contributed by atoms with Crippen molar-refractivity contribution < 1.29 is 0 Å². The number of aryl methyl sites for hydroxylation is 1. The molecule has 0 amide bonds. The van der Waals surface area contributed by atoms with Gasteiger partial charge in [0.1, 0.15) is 0 Å². The summed E-state index contributed by atoms with van der Waals surface area (Å²) in [5.74, 6) is 1.84. The summed E-state index contributed by atoms with van der Waals surface area (Å²) in [5, 5.41) is 3.64. The molecule has 1 aliphatic carbocycles. The zero-order valence-corrected chi connectivity index (χ0v) is 11.2. The highest BCUT2D eigenvalue weighted by atomic mass is 15.2. The monoisotopic (exact) mass is 235 g/mol. The molecule has 1 heterocycles. The molecule has 1 saturated carbocycles. The van der Waals surface area contributed by atoms with E-state index in [0.29, 0.717) is 6.04 Å². The Kier molecular flexibility index (Phi) is 4.46. The van der Waals surface area contributed by atoms with Gasteiger partial charge >= 0.3 is 0 Å². The summed E-state index contributed by atoms with van der Waals surface area (Å²) in [7, 11) is 0. The van der Waals surface area contributed by atoms with Gasteiger partial charge in [-0.05, 0) is 25.2 Å². The maximum atomic E-state index is 4.45. The first kappa shape index (κ1) is 12.5. The largest absolute Gasteiger partial charge is 0.353 e. The number of nitrogens with one attached hydrogen (secondary N) is 1. The van der Waals surface area contributed by atoms with Gasteiger partial charge < -0.3 is 9.88 Å². The summed E-state index contributed by atoms with van der Waals surface area (Å²) in [6, 6.07) is 0.617. The molecule has 3 nitrogen and oxygen atoms in total. The van der Waals surface area contributed by atoms with E-state index in [2.05, 4.69) is 34.9 Å². The lowest BCUT2D eigenvalue weighted by Crippen LogP contribution is -2.31. The highest BCUT2D eigenvalue weighted by Gasteiger charge is 2.22. The van der Waals surface area contributed by atoms with E-state index in [-0.39, 0.29) is 0 Å². The fraction of sp³-hybridized carbons (Fsp3) is 0.786. The third kappa shape index (κ3) is 3.24. The fourth-order valence-electron chi connectivity index (χ4n) is 2.65. The minimum absolute atomic E-state index is 0.617. The van der Waals surface area contributed by atoms with Crippen LogP contribution < -0.4 is 5.32 Å². The van der Waals surface area contributed by atoms with Gasteiger partial charge in [-0.15, -0.1) is 0 Å². The summed E-state index contributed by atoms with van der Waals surface area (Å²) >= 11 is 0. The van der Waals surface area contributed by atoms with Gasteiger partial charge in [0, 0.05) is 25.0 Å². The average Bonchev–Trinajstić information content (AvgIpc) is 2.77. The van der Waals surface area contributed by atoms with Crippen LogP contribution >= 0.6 is 0 Å². The standard InChI is InChI=1S/C14H25N3/c1-3-4-10-17-11-9-15-14(17)16-13-8-6-5-7-12(13)2/h9,11-13H,3-8,10H2,1-2H3,(H,15,16). The number of imidazole rings is 1. The molecule has 2 rings (SSSR count). The van der Waals surface area contributed by atoms with E-state index in [0.717, 1.165) is 18.4 Å². The second kappa shape index (κ2) is 6.08. The minimum atomic E-state index is 0.617. The van der Waals surface area contributed by atoms with Gasteiger partial charge in [0.15, 0.2) is 0 Å². The lowest BCUT2D eigenvalue weighted by molar-refractivity contribution is 0.347. The Hall–Kier alpha value is -0.990. The number of hydrogen-bond donors (Lipinski definition) is 1. The average molecular weight is 235 g/mol. The zero-order chi connectivity index (χ0) is 12.1. The van der Waals surface area contributed by atoms with Crippen LogP contribution in [0.25, 0.3) is 0 Å². The lowest BCUT2D eigenvalue weighted by atomic mass is 9.86. The molecular weight excluding hydrogens is 210 g/mol. The number of nitrogens with zero attached hydrogens (tertiary/aromatic N) is 2. The normalized spacial score (nSPS) is 24.8. The van der Waals surface area contributed by atoms with Crippen LogP contribution in [-0.2, 0) is 6.54 Å². The summed E-state index contributed by atoms with van der Waals surface area (Å²) in [5.41, 5.74) is 0. The van der Waals surface area contributed by atoms with Crippen molar-refractivity contribution in [3.05, 3.63) is 12.4 Å². The van der Waals surface area contributed by atoms with E-state index < -0.39 is 0 Å². The minimum Gasteiger partial charge on any atom is -0.353 e. The molecule has 1 fully saturated rings. The Balaban J connectivity index is 1.95. The molecular formula is C14H25N3. The van der Waals surface area contributed by atoms with Crippen molar-refractivity contribution in [1.29, 1.82) is 0 Å². The smallest absolute Gasteiger partial charge is 0.202 e. The van der Waals surface area contributed by atoms with Gasteiger partial charge in [-0.3, -0.25) is 0 Å². The van der Waals surface area contributed by atoms with E-state index in [4.69, 9.17) is 0 Å². The van der Waals surface area contributed by atoms with E-state index in [9.17, 15) is 0 Å². The van der Waals surface area contributed by atoms with Crippen molar-refractivity contribution in [1.82, 2.24) is 9.55 Å². The second-order valence-corrected chi connectivity index (χ2v) is 5.31. The molecule has 2 unspecified atom stereocenters. The second-order valence-electron chi connectivity index (χ2n) is 5.31. The van der Waals surface area contributed by atoms with Crippen molar-refractivity contribution in [3.63, 3.8) is 0 Å². The van der Waals surface area contributed by atoms with E-state index in [1.54, 1.807) is 0 Å². The van der Waals surface area contributed by atoms with E-state index in [1.807, 2.05) is 6.20 Å². The van der Waals surface area contributed by atoms with Gasteiger partial charge in [0.2, 0.25) is 5.95 Å². The first-order valence-corrected chi connectivity index (χ1v) is 7.09. The van der Waals surface area contributed by atoms with E-state index in [1.165, 1.54) is 38.5 Å². The van der Waals surface area contributed by atoms with Crippen molar-refractivity contribution in [3.8, 4) is 0 Å². The molecule has 17 heavy (non-hydrogen) atoms. The lowest BCUT2D eigenvalue weighted by Gasteiger charge is -2.30. The van der Waals surface area contributed by atoms with Crippen molar-refractivity contribution >= 4 is 5.95 Å². The summed E-state index contributed by atoms with van der Waals surface area (Å²) in [6.45, 7) is 5.67. The highest BCUT2D eigenvalue weighted by molar-refractivity contribution is 5.28. The van der Waals surface area contributed by atoms with Gasteiger partial charge in [0.25, 0.3) is 0 Å². The third-order valence-corrected chi connectivity index (χ3v) is 3.89. The molecule has 1 aliphatic rings.